The number of nitrogens with two attached hydrogens (primary N) is 1. The number of rotatable bonds is 3. The number of nitrogens with zero attached hydrogens (tertiary/aromatic N) is 1. The minimum atomic E-state index is -0.816. The molecule has 0 bridgehead atoms. The lowest BCUT2D eigenvalue weighted by atomic mass is 10.0. The predicted octanol–water partition coefficient (Wildman–Crippen LogP) is 0.601. The molecule has 6 heteroatoms. The number of hydrogen-bond acceptors (Lipinski definition) is 5. The Morgan fingerprint density at radius 3 is 2.67 bits per heavy atom. The Balaban J connectivity index is 3.34. The number of aliphatic hydroxyl groups is 1. The summed E-state index contributed by atoms with van der Waals surface area (Å²) in [5.41, 5.74) is 5.90. The Labute approximate surface area is 86.1 Å². The van der Waals surface area contributed by atoms with E-state index in [1.165, 1.54) is 12.1 Å². The molecule has 0 fully saturated rings. The van der Waals surface area contributed by atoms with Crippen molar-refractivity contribution in [3.63, 3.8) is 0 Å². The molecule has 0 aliphatic heterocycles. The molecule has 1 aromatic carbocycles. The van der Waals surface area contributed by atoms with Crippen LogP contribution in [0.25, 0.3) is 0 Å². The van der Waals surface area contributed by atoms with Crippen LogP contribution in [0.3, 0.4) is 0 Å². The van der Waals surface area contributed by atoms with E-state index in [0.717, 1.165) is 0 Å². The number of aromatic hydroxyl groups is 1. The topological polar surface area (TPSA) is 110 Å². The summed E-state index contributed by atoms with van der Waals surface area (Å²) in [5, 5.41) is 29.0. The molecule has 0 unspecified atom stereocenters. The van der Waals surface area contributed by atoms with E-state index in [1.54, 1.807) is 6.92 Å². The molecule has 0 aliphatic carbocycles. The third-order valence-corrected chi connectivity index (χ3v) is 2.06. The van der Waals surface area contributed by atoms with Crippen molar-refractivity contribution < 1.29 is 15.1 Å². The molecule has 15 heavy (non-hydrogen) atoms. The number of phenols is 1. The summed E-state index contributed by atoms with van der Waals surface area (Å²) in [5.74, 6) is -0.479. The number of nitro groups is 1. The summed E-state index contributed by atoms with van der Waals surface area (Å²) in [4.78, 5) is 9.89. The fourth-order valence-corrected chi connectivity index (χ4v) is 1.31. The van der Waals surface area contributed by atoms with E-state index in [4.69, 9.17) is 10.8 Å². The van der Waals surface area contributed by atoms with Crippen LogP contribution in [0.15, 0.2) is 12.1 Å². The van der Waals surface area contributed by atoms with E-state index in [9.17, 15) is 15.2 Å². The van der Waals surface area contributed by atoms with Crippen molar-refractivity contribution in [2.24, 2.45) is 5.73 Å². The molecular formula is C9H12N2O4. The standard InChI is InChI=1S/C9H12N2O4/c1-5-2-6(7(10)4-12)9(13)8(3-5)11(14)15/h2-3,7,12-13H,4,10H2,1H3/t7-/m1/s1. The quantitative estimate of drug-likeness (QED) is 0.502. The predicted molar refractivity (Wildman–Crippen MR) is 53.5 cm³/mol. The molecule has 0 radical (unpaired) electrons. The van der Waals surface area contributed by atoms with Gasteiger partial charge in [0.15, 0.2) is 5.75 Å². The van der Waals surface area contributed by atoms with Gasteiger partial charge < -0.3 is 15.9 Å². The van der Waals surface area contributed by atoms with Crippen molar-refractivity contribution in [3.8, 4) is 5.75 Å². The van der Waals surface area contributed by atoms with Crippen LogP contribution in [0.1, 0.15) is 17.2 Å². The van der Waals surface area contributed by atoms with E-state index < -0.39 is 22.4 Å². The lowest BCUT2D eigenvalue weighted by Crippen LogP contribution is -2.15. The summed E-state index contributed by atoms with van der Waals surface area (Å²) < 4.78 is 0. The summed E-state index contributed by atoms with van der Waals surface area (Å²) in [7, 11) is 0. The molecule has 0 spiro atoms. The van der Waals surface area contributed by atoms with Gasteiger partial charge in [0.05, 0.1) is 17.6 Å². The zero-order valence-corrected chi connectivity index (χ0v) is 8.17. The smallest absolute Gasteiger partial charge is 0.311 e. The molecule has 0 aliphatic rings. The van der Waals surface area contributed by atoms with Gasteiger partial charge in [-0.2, -0.15) is 0 Å². The molecule has 0 heterocycles. The maximum Gasteiger partial charge on any atom is 0.311 e. The minimum absolute atomic E-state index is 0.184. The van der Waals surface area contributed by atoms with Gasteiger partial charge in [-0.1, -0.05) is 6.07 Å². The largest absolute Gasteiger partial charge is 0.502 e. The molecule has 0 saturated heterocycles. The van der Waals surface area contributed by atoms with Crippen molar-refractivity contribution >= 4 is 5.69 Å². The highest BCUT2D eigenvalue weighted by Gasteiger charge is 2.21. The van der Waals surface area contributed by atoms with Crippen LogP contribution >= 0.6 is 0 Å². The van der Waals surface area contributed by atoms with Gasteiger partial charge in [0.1, 0.15) is 0 Å². The number of nitro benzene ring substituents is 1. The van der Waals surface area contributed by atoms with Crippen molar-refractivity contribution in [1.29, 1.82) is 0 Å². The summed E-state index contributed by atoms with van der Waals surface area (Å²) in [6.45, 7) is 1.27. The molecule has 0 saturated carbocycles. The average Bonchev–Trinajstić information content (AvgIpc) is 2.19. The molecule has 0 aromatic heterocycles. The fourth-order valence-electron chi connectivity index (χ4n) is 1.31. The third kappa shape index (κ3) is 2.23. The highest BCUT2D eigenvalue weighted by Crippen LogP contribution is 2.33. The monoisotopic (exact) mass is 212 g/mol. The molecule has 4 N–H and O–H groups in total. The second-order valence-electron chi connectivity index (χ2n) is 3.27. The molecule has 6 nitrogen and oxygen atoms in total. The third-order valence-electron chi connectivity index (χ3n) is 2.06. The average molecular weight is 212 g/mol. The first-order valence-corrected chi connectivity index (χ1v) is 4.31. The highest BCUT2D eigenvalue weighted by molar-refractivity contribution is 5.54. The maximum atomic E-state index is 10.6. The van der Waals surface area contributed by atoms with Gasteiger partial charge in [-0.05, 0) is 12.5 Å². The van der Waals surface area contributed by atoms with Gasteiger partial charge in [-0.3, -0.25) is 10.1 Å². The zero-order valence-electron chi connectivity index (χ0n) is 8.17. The second-order valence-corrected chi connectivity index (χ2v) is 3.27. The molecule has 1 aromatic rings. The van der Waals surface area contributed by atoms with Crippen LogP contribution in [0.4, 0.5) is 5.69 Å². The van der Waals surface area contributed by atoms with Gasteiger partial charge in [0.2, 0.25) is 0 Å². The van der Waals surface area contributed by atoms with Crippen LogP contribution in [0, 0.1) is 17.0 Å². The Morgan fingerprint density at radius 1 is 1.60 bits per heavy atom. The molecule has 0 amide bonds. The number of aliphatic hydroxyl groups excluding tert-OH is 1. The SMILES string of the molecule is Cc1cc([C@H](N)CO)c(O)c([N+](=O)[O-])c1. The first-order chi connectivity index (χ1) is 6.97. The number of hydrogen-bond donors (Lipinski definition) is 3. The van der Waals surface area contributed by atoms with Crippen molar-refractivity contribution in [3.05, 3.63) is 33.4 Å². The van der Waals surface area contributed by atoms with Gasteiger partial charge in [0, 0.05) is 11.6 Å². The van der Waals surface area contributed by atoms with Gasteiger partial charge in [-0.15, -0.1) is 0 Å². The second kappa shape index (κ2) is 4.24. The van der Waals surface area contributed by atoms with Crippen LogP contribution < -0.4 is 5.73 Å². The van der Waals surface area contributed by atoms with Gasteiger partial charge in [-0.25, -0.2) is 0 Å². The Bertz CT molecular complexity index is 392. The molecule has 1 atom stereocenters. The lowest BCUT2D eigenvalue weighted by Gasteiger charge is -2.11. The van der Waals surface area contributed by atoms with E-state index in [2.05, 4.69) is 0 Å². The van der Waals surface area contributed by atoms with Gasteiger partial charge in [0.25, 0.3) is 0 Å². The maximum absolute atomic E-state index is 10.6. The Kier molecular flexibility index (Phi) is 3.23. The summed E-state index contributed by atoms with van der Waals surface area (Å²) >= 11 is 0. The van der Waals surface area contributed by atoms with Crippen LogP contribution in [0.5, 0.6) is 5.75 Å². The zero-order chi connectivity index (χ0) is 11.6. The lowest BCUT2D eigenvalue weighted by molar-refractivity contribution is -0.386. The summed E-state index contributed by atoms with van der Waals surface area (Å²) in [6.07, 6.45) is 0. The molecule has 1 rings (SSSR count). The minimum Gasteiger partial charge on any atom is -0.502 e. The van der Waals surface area contributed by atoms with E-state index in [1.807, 2.05) is 0 Å². The highest BCUT2D eigenvalue weighted by atomic mass is 16.6. The number of phenolic OH excluding ortho intramolecular Hbond substituents is 1. The van der Waals surface area contributed by atoms with Gasteiger partial charge >= 0.3 is 5.69 Å². The Morgan fingerprint density at radius 2 is 2.20 bits per heavy atom. The normalized spacial score (nSPS) is 12.5. The Hall–Kier alpha value is -1.66. The van der Waals surface area contributed by atoms with E-state index in [0.29, 0.717) is 5.56 Å². The fraction of sp³-hybridized carbons (Fsp3) is 0.333. The molecular weight excluding hydrogens is 200 g/mol. The van der Waals surface area contributed by atoms with Crippen LogP contribution in [0.2, 0.25) is 0 Å². The first-order valence-electron chi connectivity index (χ1n) is 4.31. The first kappa shape index (κ1) is 11.4. The molecule has 82 valence electrons. The number of benzene rings is 1. The van der Waals surface area contributed by atoms with Crippen molar-refractivity contribution in [2.75, 3.05) is 6.61 Å². The van der Waals surface area contributed by atoms with Crippen LogP contribution in [-0.4, -0.2) is 21.7 Å². The van der Waals surface area contributed by atoms with Crippen molar-refractivity contribution in [1.82, 2.24) is 0 Å². The van der Waals surface area contributed by atoms with E-state index >= 15 is 0 Å². The summed E-state index contributed by atoms with van der Waals surface area (Å²) in [6, 6.07) is 1.95. The van der Waals surface area contributed by atoms with Crippen molar-refractivity contribution in [2.45, 2.75) is 13.0 Å². The number of aryl methyl sites for hydroxylation is 1. The van der Waals surface area contributed by atoms with E-state index in [-0.39, 0.29) is 12.2 Å². The van der Waals surface area contributed by atoms with Crippen LogP contribution in [-0.2, 0) is 0 Å².